The van der Waals surface area contributed by atoms with Crippen LogP contribution in [0.15, 0.2) is 6.07 Å². The molecule has 0 saturated heterocycles. The van der Waals surface area contributed by atoms with E-state index in [0.29, 0.717) is 3.57 Å². The molecule has 0 amide bonds. The third-order valence-corrected chi connectivity index (χ3v) is 3.91. The summed E-state index contributed by atoms with van der Waals surface area (Å²) in [6.07, 6.45) is 0. The molecule has 0 fully saturated rings. The van der Waals surface area contributed by atoms with Crippen LogP contribution in [0.3, 0.4) is 0 Å². The van der Waals surface area contributed by atoms with E-state index in [-0.39, 0.29) is 11.5 Å². The molecule has 0 aliphatic rings. The predicted molar refractivity (Wildman–Crippen MR) is 54.0 cm³/mol. The van der Waals surface area contributed by atoms with Crippen molar-refractivity contribution in [2.24, 2.45) is 0 Å². The first-order valence-corrected chi connectivity index (χ1v) is 4.56. The van der Waals surface area contributed by atoms with Crippen molar-refractivity contribution in [1.29, 1.82) is 0 Å². The predicted octanol–water partition coefficient (Wildman–Crippen LogP) is 2.11. The summed E-state index contributed by atoms with van der Waals surface area (Å²) in [6.45, 7) is 0. The van der Waals surface area contributed by atoms with Gasteiger partial charge in [0, 0.05) is 9.64 Å². The van der Waals surface area contributed by atoms with E-state index in [1.807, 2.05) is 45.2 Å². The second-order valence-corrected chi connectivity index (χ2v) is 3.81. The third-order valence-electron chi connectivity index (χ3n) is 0.979. The molecule has 0 bridgehead atoms. The molecule has 0 spiro atoms. The van der Waals surface area contributed by atoms with Crippen molar-refractivity contribution in [3.8, 4) is 11.5 Å². The van der Waals surface area contributed by atoms with Gasteiger partial charge in [-0.15, -0.1) is 0 Å². The molecule has 1 aromatic rings. The Balaban J connectivity index is 3.34. The van der Waals surface area contributed by atoms with E-state index >= 15 is 0 Å². The van der Waals surface area contributed by atoms with Crippen LogP contribution < -0.4 is 0 Å². The van der Waals surface area contributed by atoms with Gasteiger partial charge >= 0.3 is 0 Å². The largest absolute Gasteiger partial charge is 0.504 e. The van der Waals surface area contributed by atoms with Crippen LogP contribution in [0.25, 0.3) is 0 Å². The molecule has 0 aromatic heterocycles. The fraction of sp³-hybridized carbons (Fsp3) is 0. The molecule has 0 saturated carbocycles. The molecule has 0 heterocycles. The average Bonchev–Trinajstić information content (AvgIpc) is 1.93. The maximum absolute atomic E-state index is 9.10. The lowest BCUT2D eigenvalue weighted by Crippen LogP contribution is -1.80. The van der Waals surface area contributed by atoms with Crippen molar-refractivity contribution in [2.75, 3.05) is 0 Å². The molecule has 0 atom stereocenters. The monoisotopic (exact) mass is 361 g/mol. The van der Waals surface area contributed by atoms with Gasteiger partial charge in [-0.1, -0.05) is 0 Å². The number of aromatic hydroxyl groups is 2. The first kappa shape index (κ1) is 8.38. The number of hydrogen-bond donors (Lipinski definition) is 2. The summed E-state index contributed by atoms with van der Waals surface area (Å²) in [5.74, 6) is -0.187. The van der Waals surface area contributed by atoms with Gasteiger partial charge in [-0.3, -0.25) is 0 Å². The summed E-state index contributed by atoms with van der Waals surface area (Å²) in [5, 5.41) is 18.0. The van der Waals surface area contributed by atoms with Crippen molar-refractivity contribution in [3.05, 3.63) is 19.3 Å². The van der Waals surface area contributed by atoms with Crippen molar-refractivity contribution >= 4 is 45.2 Å². The van der Waals surface area contributed by atoms with Gasteiger partial charge in [-0.05, 0) is 51.2 Å². The molecule has 0 aliphatic heterocycles. The van der Waals surface area contributed by atoms with Crippen molar-refractivity contribution in [3.63, 3.8) is 0 Å². The Bertz CT molecular complexity index is 233. The molecular formula is C6H3I2O2. The van der Waals surface area contributed by atoms with Gasteiger partial charge in [-0.2, -0.15) is 0 Å². The van der Waals surface area contributed by atoms with Gasteiger partial charge in [0.15, 0.2) is 11.5 Å². The summed E-state index contributed by atoms with van der Waals surface area (Å²) in [5.41, 5.74) is 0. The number of hydrogen-bond acceptors (Lipinski definition) is 2. The zero-order chi connectivity index (χ0) is 7.72. The minimum Gasteiger partial charge on any atom is -0.504 e. The van der Waals surface area contributed by atoms with E-state index in [1.165, 1.54) is 6.07 Å². The average molecular weight is 361 g/mol. The van der Waals surface area contributed by atoms with Crippen LogP contribution in [0.2, 0.25) is 0 Å². The summed E-state index contributed by atoms with van der Waals surface area (Å²) >= 11 is 3.98. The van der Waals surface area contributed by atoms with Crippen LogP contribution in [0, 0.1) is 13.2 Å². The fourth-order valence-corrected chi connectivity index (χ4v) is 1.32. The molecule has 0 unspecified atom stereocenters. The van der Waals surface area contributed by atoms with Crippen molar-refractivity contribution < 1.29 is 10.2 Å². The van der Waals surface area contributed by atoms with Gasteiger partial charge in [-0.25, -0.2) is 0 Å². The number of halogens is 2. The first-order chi connectivity index (χ1) is 4.63. The zero-order valence-corrected chi connectivity index (χ0v) is 9.04. The van der Waals surface area contributed by atoms with E-state index in [0.717, 1.165) is 3.57 Å². The van der Waals surface area contributed by atoms with Gasteiger partial charge < -0.3 is 10.2 Å². The Morgan fingerprint density at radius 3 is 2.40 bits per heavy atom. The molecule has 2 N–H and O–H groups in total. The second-order valence-electron chi connectivity index (χ2n) is 1.65. The molecule has 2 nitrogen and oxygen atoms in total. The Kier molecular flexibility index (Phi) is 2.61. The van der Waals surface area contributed by atoms with E-state index < -0.39 is 0 Å². The van der Waals surface area contributed by atoms with E-state index in [4.69, 9.17) is 10.2 Å². The highest BCUT2D eigenvalue weighted by atomic mass is 127. The Morgan fingerprint density at radius 1 is 1.30 bits per heavy atom. The van der Waals surface area contributed by atoms with E-state index in [2.05, 4.69) is 6.07 Å². The summed E-state index contributed by atoms with van der Waals surface area (Å²) in [7, 11) is 0. The fourth-order valence-electron chi connectivity index (χ4n) is 0.480. The van der Waals surface area contributed by atoms with Gasteiger partial charge in [0.25, 0.3) is 0 Å². The van der Waals surface area contributed by atoms with E-state index in [9.17, 15) is 0 Å². The van der Waals surface area contributed by atoms with Crippen LogP contribution in [0.1, 0.15) is 0 Å². The van der Waals surface area contributed by atoms with Crippen molar-refractivity contribution in [2.45, 2.75) is 0 Å². The zero-order valence-electron chi connectivity index (χ0n) is 4.73. The molecule has 53 valence electrons. The molecule has 4 heteroatoms. The smallest absolute Gasteiger partial charge is 0.172 e. The minimum atomic E-state index is -0.121. The Labute approximate surface area is 85.5 Å². The van der Waals surface area contributed by atoms with Crippen LogP contribution in [0.5, 0.6) is 11.5 Å². The summed E-state index contributed by atoms with van der Waals surface area (Å²) < 4.78 is 1.45. The number of rotatable bonds is 0. The molecule has 1 radical (unpaired) electrons. The van der Waals surface area contributed by atoms with Gasteiger partial charge in [0.2, 0.25) is 0 Å². The maximum Gasteiger partial charge on any atom is 0.172 e. The van der Waals surface area contributed by atoms with Crippen LogP contribution in [-0.2, 0) is 0 Å². The molecule has 0 aliphatic carbocycles. The first-order valence-electron chi connectivity index (χ1n) is 2.40. The molecule has 1 aromatic carbocycles. The number of phenolic OH excluding ortho intramolecular Hbond substituents is 2. The minimum absolute atomic E-state index is 0.0660. The quantitative estimate of drug-likeness (QED) is 0.549. The normalized spacial score (nSPS) is 9.80. The Hall–Kier alpha value is 0.280. The Morgan fingerprint density at radius 2 is 1.90 bits per heavy atom. The molecule has 1 rings (SSSR count). The topological polar surface area (TPSA) is 40.5 Å². The van der Waals surface area contributed by atoms with Crippen molar-refractivity contribution in [1.82, 2.24) is 0 Å². The number of phenols is 2. The molecular weight excluding hydrogens is 358 g/mol. The highest BCUT2D eigenvalue weighted by Crippen LogP contribution is 2.32. The molecule has 10 heavy (non-hydrogen) atoms. The SMILES string of the molecule is Oc1c[c]c(I)c(I)c1O. The lowest BCUT2D eigenvalue weighted by Gasteiger charge is -2.00. The summed E-state index contributed by atoms with van der Waals surface area (Å²) in [6, 6.07) is 4.12. The van der Waals surface area contributed by atoms with Gasteiger partial charge in [0.1, 0.15) is 0 Å². The lowest BCUT2D eigenvalue weighted by atomic mass is 10.3. The second kappa shape index (κ2) is 3.12. The van der Waals surface area contributed by atoms with E-state index in [1.54, 1.807) is 0 Å². The van der Waals surface area contributed by atoms with Crippen LogP contribution in [0.4, 0.5) is 0 Å². The standard InChI is InChI=1S/C6H3I2O2/c7-3-1-2-4(9)6(10)5(3)8/h2,9-10H. The summed E-state index contributed by atoms with van der Waals surface area (Å²) in [4.78, 5) is 0. The van der Waals surface area contributed by atoms with Crippen LogP contribution in [-0.4, -0.2) is 10.2 Å². The highest BCUT2D eigenvalue weighted by Gasteiger charge is 2.06. The lowest BCUT2D eigenvalue weighted by molar-refractivity contribution is 0.400. The maximum atomic E-state index is 9.10. The van der Waals surface area contributed by atoms with Gasteiger partial charge in [0.05, 0.1) is 3.57 Å². The number of benzene rings is 1. The van der Waals surface area contributed by atoms with Crippen LogP contribution >= 0.6 is 45.2 Å². The highest BCUT2D eigenvalue weighted by molar-refractivity contribution is 14.1. The third kappa shape index (κ3) is 1.47.